The van der Waals surface area contributed by atoms with Crippen LogP contribution < -0.4 is 21.7 Å². The summed E-state index contributed by atoms with van der Waals surface area (Å²) in [6, 6.07) is 18.3. The first-order valence-electron chi connectivity index (χ1n) is 10.4. The Labute approximate surface area is 184 Å². The summed E-state index contributed by atoms with van der Waals surface area (Å²) in [7, 11) is 1.58. The smallest absolute Gasteiger partial charge is 0.247 e. The van der Waals surface area contributed by atoms with Gasteiger partial charge >= 0.3 is 0 Å². The van der Waals surface area contributed by atoms with Crippen molar-refractivity contribution in [3.8, 4) is 0 Å². The van der Waals surface area contributed by atoms with Crippen molar-refractivity contribution in [2.75, 3.05) is 13.6 Å². The molecule has 3 rings (SSSR count). The van der Waals surface area contributed by atoms with Crippen molar-refractivity contribution in [1.82, 2.24) is 16.0 Å². The fourth-order valence-electron chi connectivity index (χ4n) is 4.08. The summed E-state index contributed by atoms with van der Waals surface area (Å²) in [5, 5.41) is 19.4. The molecule has 7 heteroatoms. The SMILES string of the molecule is CNC(=O)C(S)NCC(N)CC(Cc1ccccc1)N[C@H]1c2ccccc2C[C@H]1O. The van der Waals surface area contributed by atoms with E-state index in [0.29, 0.717) is 19.4 Å². The van der Waals surface area contributed by atoms with Gasteiger partial charge in [0, 0.05) is 32.1 Å². The van der Waals surface area contributed by atoms with Gasteiger partial charge in [-0.25, -0.2) is 0 Å². The predicted octanol–water partition coefficient (Wildman–Crippen LogP) is 1.15. The predicted molar refractivity (Wildman–Crippen MR) is 123 cm³/mol. The zero-order valence-corrected chi connectivity index (χ0v) is 18.2. The number of benzene rings is 2. The van der Waals surface area contributed by atoms with Crippen molar-refractivity contribution >= 4 is 18.5 Å². The summed E-state index contributed by atoms with van der Waals surface area (Å²) in [5.74, 6) is -0.185. The van der Waals surface area contributed by atoms with Crippen LogP contribution >= 0.6 is 12.6 Å². The largest absolute Gasteiger partial charge is 0.391 e. The maximum absolute atomic E-state index is 11.6. The number of fused-ring (bicyclic) bond motifs is 1. The number of hydrogen-bond acceptors (Lipinski definition) is 6. The van der Waals surface area contributed by atoms with Gasteiger partial charge in [-0.2, -0.15) is 12.6 Å². The van der Waals surface area contributed by atoms with E-state index < -0.39 is 11.5 Å². The Morgan fingerprint density at radius 3 is 2.63 bits per heavy atom. The molecule has 0 spiro atoms. The molecule has 5 atom stereocenters. The van der Waals surface area contributed by atoms with Crippen LogP contribution in [0.25, 0.3) is 0 Å². The molecule has 2 aromatic carbocycles. The van der Waals surface area contributed by atoms with E-state index in [4.69, 9.17) is 5.73 Å². The fourth-order valence-corrected chi connectivity index (χ4v) is 4.31. The third-order valence-electron chi connectivity index (χ3n) is 5.60. The molecule has 0 saturated carbocycles. The molecule has 6 nitrogen and oxygen atoms in total. The molecule has 162 valence electrons. The summed E-state index contributed by atoms with van der Waals surface area (Å²) in [6.45, 7) is 0.471. The normalized spacial score (nSPS) is 20.9. The number of nitrogens with two attached hydrogens (primary N) is 1. The van der Waals surface area contributed by atoms with Gasteiger partial charge in [0.25, 0.3) is 0 Å². The molecule has 6 N–H and O–H groups in total. The van der Waals surface area contributed by atoms with Crippen LogP contribution in [0.15, 0.2) is 54.6 Å². The van der Waals surface area contributed by atoms with Crippen molar-refractivity contribution < 1.29 is 9.90 Å². The van der Waals surface area contributed by atoms with Crippen molar-refractivity contribution in [2.45, 2.75) is 48.9 Å². The molecule has 30 heavy (non-hydrogen) atoms. The number of aliphatic hydroxyl groups excluding tert-OH is 1. The maximum atomic E-state index is 11.6. The minimum atomic E-state index is -0.592. The van der Waals surface area contributed by atoms with Crippen LogP contribution in [0.2, 0.25) is 0 Å². The molecule has 0 saturated heterocycles. The molecule has 0 heterocycles. The zero-order valence-electron chi connectivity index (χ0n) is 17.3. The number of amides is 1. The molecule has 0 bridgehead atoms. The van der Waals surface area contributed by atoms with E-state index in [9.17, 15) is 9.90 Å². The first kappa shape index (κ1) is 22.8. The van der Waals surface area contributed by atoms with Crippen molar-refractivity contribution in [3.63, 3.8) is 0 Å². The number of likely N-dealkylation sites (N-methyl/N-ethyl adjacent to an activating group) is 1. The van der Waals surface area contributed by atoms with Gasteiger partial charge in [-0.1, -0.05) is 54.6 Å². The molecule has 2 aromatic rings. The van der Waals surface area contributed by atoms with Crippen molar-refractivity contribution in [1.29, 1.82) is 0 Å². The number of carbonyl (C=O) groups is 1. The highest BCUT2D eigenvalue weighted by Crippen LogP contribution is 2.32. The Morgan fingerprint density at radius 1 is 1.20 bits per heavy atom. The molecular formula is C23H32N4O2S. The highest BCUT2D eigenvalue weighted by molar-refractivity contribution is 7.81. The minimum absolute atomic E-state index is 0.0772. The number of nitrogens with one attached hydrogen (secondary N) is 3. The summed E-state index contributed by atoms with van der Waals surface area (Å²) in [6.07, 6.45) is 1.71. The van der Waals surface area contributed by atoms with Gasteiger partial charge in [0.1, 0.15) is 5.37 Å². The van der Waals surface area contributed by atoms with Crippen molar-refractivity contribution in [2.24, 2.45) is 5.73 Å². The number of rotatable bonds is 10. The molecule has 0 aromatic heterocycles. The topological polar surface area (TPSA) is 99.4 Å². The molecule has 1 aliphatic carbocycles. The average Bonchev–Trinajstić information content (AvgIpc) is 3.07. The van der Waals surface area contributed by atoms with Gasteiger partial charge in [0.2, 0.25) is 5.91 Å². The van der Waals surface area contributed by atoms with Crippen LogP contribution in [0, 0.1) is 0 Å². The highest BCUT2D eigenvalue weighted by atomic mass is 32.1. The number of carbonyl (C=O) groups excluding carboxylic acids is 1. The Bertz CT molecular complexity index is 820. The summed E-state index contributed by atoms with van der Waals surface area (Å²) >= 11 is 4.26. The Morgan fingerprint density at radius 2 is 1.90 bits per heavy atom. The molecule has 1 aliphatic rings. The van der Waals surface area contributed by atoms with Gasteiger partial charge in [0.15, 0.2) is 0 Å². The first-order valence-corrected chi connectivity index (χ1v) is 10.9. The van der Waals surface area contributed by atoms with Crippen LogP contribution in [0.1, 0.15) is 29.2 Å². The van der Waals surface area contributed by atoms with Gasteiger partial charge in [-0.15, -0.1) is 0 Å². The molecular weight excluding hydrogens is 396 g/mol. The molecule has 0 fully saturated rings. The molecule has 1 amide bonds. The molecule has 3 unspecified atom stereocenters. The van der Waals surface area contributed by atoms with E-state index in [1.54, 1.807) is 7.05 Å². The lowest BCUT2D eigenvalue weighted by Crippen LogP contribution is -2.47. The van der Waals surface area contributed by atoms with Gasteiger partial charge in [-0.3, -0.25) is 10.1 Å². The fraction of sp³-hybridized carbons (Fsp3) is 0.435. The summed E-state index contributed by atoms with van der Waals surface area (Å²) in [5.41, 5.74) is 9.95. The lowest BCUT2D eigenvalue weighted by atomic mass is 9.97. The highest BCUT2D eigenvalue weighted by Gasteiger charge is 2.32. The maximum Gasteiger partial charge on any atom is 0.247 e. The quantitative estimate of drug-likeness (QED) is 0.252. The Kier molecular flexibility index (Phi) is 8.30. The second-order valence-corrected chi connectivity index (χ2v) is 8.44. The van der Waals surface area contributed by atoms with Gasteiger partial charge in [-0.05, 0) is 29.5 Å². The average molecular weight is 429 g/mol. The molecule has 0 radical (unpaired) electrons. The Hall–Kier alpha value is -1.90. The van der Waals surface area contributed by atoms with E-state index in [1.165, 1.54) is 11.1 Å². The van der Waals surface area contributed by atoms with Crippen LogP contribution in [-0.2, 0) is 17.6 Å². The lowest BCUT2D eigenvalue weighted by Gasteiger charge is -2.28. The van der Waals surface area contributed by atoms with E-state index in [0.717, 1.165) is 12.0 Å². The van der Waals surface area contributed by atoms with Gasteiger partial charge in [0.05, 0.1) is 12.1 Å². The van der Waals surface area contributed by atoms with Crippen LogP contribution in [0.3, 0.4) is 0 Å². The van der Waals surface area contributed by atoms with Crippen molar-refractivity contribution in [3.05, 3.63) is 71.3 Å². The standard InChI is InChI=1S/C23H32N4O2S/c1-25-22(29)23(30)26-14-17(24)13-18(11-15-7-3-2-4-8-15)27-21-19-10-6-5-9-16(19)12-20(21)28/h2-10,17-18,20-21,23,26-28,30H,11-14,24H2,1H3,(H,25,29)/t17?,18?,20-,21+,23?/m1/s1. The second kappa shape index (κ2) is 10.9. The summed E-state index contributed by atoms with van der Waals surface area (Å²) in [4.78, 5) is 11.6. The van der Waals surface area contributed by atoms with E-state index >= 15 is 0 Å². The van der Waals surface area contributed by atoms with E-state index in [2.05, 4.69) is 52.8 Å². The zero-order chi connectivity index (χ0) is 21.5. The monoisotopic (exact) mass is 428 g/mol. The van der Waals surface area contributed by atoms with E-state index in [1.807, 2.05) is 30.3 Å². The Balaban J connectivity index is 1.67. The number of aliphatic hydroxyl groups is 1. The van der Waals surface area contributed by atoms with Crippen LogP contribution in [-0.4, -0.2) is 48.2 Å². The minimum Gasteiger partial charge on any atom is -0.391 e. The third kappa shape index (κ3) is 6.06. The second-order valence-electron chi connectivity index (χ2n) is 7.92. The molecule has 0 aliphatic heterocycles. The van der Waals surface area contributed by atoms with E-state index in [-0.39, 0.29) is 24.0 Å². The van der Waals surface area contributed by atoms with Crippen LogP contribution in [0.5, 0.6) is 0 Å². The van der Waals surface area contributed by atoms with Gasteiger partial charge < -0.3 is 21.5 Å². The number of hydrogen-bond donors (Lipinski definition) is 6. The number of thiol groups is 1. The third-order valence-corrected chi connectivity index (χ3v) is 6.02. The summed E-state index contributed by atoms with van der Waals surface area (Å²) < 4.78 is 0. The lowest BCUT2D eigenvalue weighted by molar-refractivity contribution is -0.120. The van der Waals surface area contributed by atoms with Crippen LogP contribution in [0.4, 0.5) is 0 Å². The first-order chi connectivity index (χ1) is 14.5.